The number of halogens is 1. The van der Waals surface area contributed by atoms with Gasteiger partial charge in [0.1, 0.15) is 6.04 Å². The molecule has 0 aliphatic carbocycles. The Bertz CT molecular complexity index is 992. The molecule has 3 rings (SSSR count). The number of benzene rings is 2. The van der Waals surface area contributed by atoms with Crippen molar-refractivity contribution in [2.24, 2.45) is 0 Å². The number of carbonyl (C=O) groups is 2. The van der Waals surface area contributed by atoms with Crippen molar-refractivity contribution in [2.45, 2.75) is 38.8 Å². The third kappa shape index (κ3) is 5.04. The van der Waals surface area contributed by atoms with E-state index in [1.165, 1.54) is 4.90 Å². The molecule has 0 spiro atoms. The summed E-state index contributed by atoms with van der Waals surface area (Å²) < 4.78 is 3.81. The first-order valence-electron chi connectivity index (χ1n) is 9.55. The minimum Gasteiger partial charge on any atom is -0.349 e. The van der Waals surface area contributed by atoms with E-state index >= 15 is 0 Å². The van der Waals surface area contributed by atoms with Crippen LogP contribution in [0.5, 0.6) is 0 Å². The fourth-order valence-electron chi connectivity index (χ4n) is 2.91. The first kappa shape index (κ1) is 21.9. The maximum atomic E-state index is 13.5. The number of amides is 2. The largest absolute Gasteiger partial charge is 0.349 e. The van der Waals surface area contributed by atoms with E-state index in [1.54, 1.807) is 41.8 Å². The molecular formula is C22H23ClN4O2S. The molecule has 3 aromatic rings. The number of rotatable bonds is 7. The number of aromatic nitrogens is 2. The first-order chi connectivity index (χ1) is 14.3. The van der Waals surface area contributed by atoms with Gasteiger partial charge in [-0.15, -0.1) is 5.10 Å². The smallest absolute Gasteiger partial charge is 0.280 e. The lowest BCUT2D eigenvalue weighted by Crippen LogP contribution is -2.50. The summed E-state index contributed by atoms with van der Waals surface area (Å²) in [7, 11) is 0. The van der Waals surface area contributed by atoms with Crippen LogP contribution in [-0.2, 0) is 4.79 Å². The van der Waals surface area contributed by atoms with Crippen LogP contribution in [0.1, 0.15) is 49.3 Å². The molecular weight excluding hydrogens is 420 g/mol. The molecule has 30 heavy (non-hydrogen) atoms. The van der Waals surface area contributed by atoms with Crippen LogP contribution in [0.4, 0.5) is 5.69 Å². The predicted molar refractivity (Wildman–Crippen MR) is 120 cm³/mol. The van der Waals surface area contributed by atoms with E-state index in [4.69, 9.17) is 11.6 Å². The van der Waals surface area contributed by atoms with Crippen molar-refractivity contribution < 1.29 is 9.59 Å². The highest BCUT2D eigenvalue weighted by atomic mass is 35.5. The maximum absolute atomic E-state index is 13.5. The highest BCUT2D eigenvalue weighted by Crippen LogP contribution is 2.31. The molecule has 0 aliphatic heterocycles. The average molecular weight is 443 g/mol. The Balaban J connectivity index is 2.14. The van der Waals surface area contributed by atoms with E-state index in [0.717, 1.165) is 18.0 Å². The molecule has 0 radical (unpaired) electrons. The van der Waals surface area contributed by atoms with Crippen molar-refractivity contribution in [3.63, 3.8) is 0 Å². The van der Waals surface area contributed by atoms with Crippen molar-refractivity contribution in [2.75, 3.05) is 4.90 Å². The number of anilines is 1. The SMILES string of the molecule is CCC(C)(C)NC(=O)[C@@H](c1ccc(Cl)cc1)N(C(=O)c1csnn1)c1ccccc1. The number of nitrogens with one attached hydrogen (secondary N) is 1. The first-order valence-corrected chi connectivity index (χ1v) is 10.8. The van der Waals surface area contributed by atoms with Crippen LogP contribution in [0, 0.1) is 0 Å². The minimum atomic E-state index is -0.912. The molecule has 2 aromatic carbocycles. The van der Waals surface area contributed by atoms with Crippen LogP contribution in [-0.4, -0.2) is 26.9 Å². The van der Waals surface area contributed by atoms with Crippen molar-refractivity contribution in [1.82, 2.24) is 14.9 Å². The Labute approximate surface area is 185 Å². The van der Waals surface area contributed by atoms with Gasteiger partial charge in [-0.1, -0.05) is 53.3 Å². The normalized spacial score (nSPS) is 12.3. The van der Waals surface area contributed by atoms with Crippen molar-refractivity contribution in [1.29, 1.82) is 0 Å². The number of carbonyl (C=O) groups excluding carboxylic acids is 2. The van der Waals surface area contributed by atoms with Gasteiger partial charge in [0.05, 0.1) is 0 Å². The lowest BCUT2D eigenvalue weighted by molar-refractivity contribution is -0.124. The molecule has 6 nitrogen and oxygen atoms in total. The lowest BCUT2D eigenvalue weighted by Gasteiger charge is -2.34. The number of para-hydroxylation sites is 1. The predicted octanol–water partition coefficient (Wildman–Crippen LogP) is 4.88. The fraction of sp³-hybridized carbons (Fsp3) is 0.273. The van der Waals surface area contributed by atoms with Crippen LogP contribution in [0.25, 0.3) is 0 Å². The second-order valence-corrected chi connectivity index (χ2v) is 8.53. The zero-order valence-electron chi connectivity index (χ0n) is 17.0. The molecule has 0 unspecified atom stereocenters. The molecule has 156 valence electrons. The topological polar surface area (TPSA) is 75.2 Å². The Morgan fingerprint density at radius 1 is 1.13 bits per heavy atom. The molecule has 0 fully saturated rings. The Morgan fingerprint density at radius 2 is 1.80 bits per heavy atom. The number of nitrogens with zero attached hydrogens (tertiary/aromatic N) is 3. The van der Waals surface area contributed by atoms with Crippen LogP contribution >= 0.6 is 23.1 Å². The van der Waals surface area contributed by atoms with E-state index in [-0.39, 0.29) is 11.6 Å². The highest BCUT2D eigenvalue weighted by molar-refractivity contribution is 7.03. The minimum absolute atomic E-state index is 0.186. The van der Waals surface area contributed by atoms with E-state index in [9.17, 15) is 9.59 Å². The van der Waals surface area contributed by atoms with Gasteiger partial charge in [-0.3, -0.25) is 14.5 Å². The van der Waals surface area contributed by atoms with Crippen LogP contribution in [0.3, 0.4) is 0 Å². The molecule has 1 atom stereocenters. The van der Waals surface area contributed by atoms with Crippen molar-refractivity contribution >= 4 is 40.6 Å². The Hall–Kier alpha value is -2.77. The average Bonchev–Trinajstić information content (AvgIpc) is 3.27. The summed E-state index contributed by atoms with van der Waals surface area (Å²) in [6.07, 6.45) is 0.737. The molecule has 0 bridgehead atoms. The molecule has 0 aliphatic rings. The maximum Gasteiger partial charge on any atom is 0.280 e. The zero-order chi connectivity index (χ0) is 21.7. The second-order valence-electron chi connectivity index (χ2n) is 7.48. The Morgan fingerprint density at radius 3 is 2.37 bits per heavy atom. The van der Waals surface area contributed by atoms with Gasteiger partial charge in [-0.25, -0.2) is 0 Å². The Kier molecular flexibility index (Phi) is 6.84. The van der Waals surface area contributed by atoms with Gasteiger partial charge >= 0.3 is 0 Å². The third-order valence-corrected chi connectivity index (χ3v) is 5.63. The summed E-state index contributed by atoms with van der Waals surface area (Å²) >= 11 is 7.15. The van der Waals surface area contributed by atoms with Crippen LogP contribution in [0.2, 0.25) is 5.02 Å². The highest BCUT2D eigenvalue weighted by Gasteiger charge is 2.36. The van der Waals surface area contributed by atoms with Gasteiger partial charge in [-0.05, 0) is 61.6 Å². The molecule has 0 saturated heterocycles. The summed E-state index contributed by atoms with van der Waals surface area (Å²) in [6.45, 7) is 5.89. The molecule has 8 heteroatoms. The van der Waals surface area contributed by atoms with Crippen molar-refractivity contribution in [3.05, 3.63) is 76.3 Å². The quantitative estimate of drug-likeness (QED) is 0.565. The van der Waals surface area contributed by atoms with Crippen LogP contribution < -0.4 is 10.2 Å². The molecule has 1 aromatic heterocycles. The second kappa shape index (κ2) is 9.36. The van der Waals surface area contributed by atoms with E-state index in [2.05, 4.69) is 14.9 Å². The standard InChI is InChI=1S/C22H23ClN4O2S/c1-4-22(2,3)24-20(28)19(15-10-12-16(23)13-11-15)27(17-8-6-5-7-9-17)21(29)18-14-30-26-25-18/h5-14,19H,4H2,1-3H3,(H,24,28)/t19-/m1/s1. The van der Waals surface area contributed by atoms with Crippen LogP contribution in [0.15, 0.2) is 60.0 Å². The molecule has 1 N–H and O–H groups in total. The van der Waals surface area contributed by atoms with Gasteiger partial charge in [0.15, 0.2) is 5.69 Å². The van der Waals surface area contributed by atoms with Gasteiger partial charge in [0.2, 0.25) is 5.91 Å². The monoisotopic (exact) mass is 442 g/mol. The lowest BCUT2D eigenvalue weighted by atomic mass is 9.98. The summed E-state index contributed by atoms with van der Waals surface area (Å²) in [5.41, 5.74) is 0.976. The van der Waals surface area contributed by atoms with Gasteiger partial charge in [0, 0.05) is 21.6 Å². The number of hydrogen-bond acceptors (Lipinski definition) is 5. The summed E-state index contributed by atoms with van der Waals surface area (Å²) in [6, 6.07) is 15.1. The van der Waals surface area contributed by atoms with E-state index in [1.807, 2.05) is 39.0 Å². The summed E-state index contributed by atoms with van der Waals surface area (Å²) in [4.78, 5) is 28.4. The van der Waals surface area contributed by atoms with Gasteiger partial charge in [-0.2, -0.15) is 0 Å². The van der Waals surface area contributed by atoms with E-state index < -0.39 is 17.5 Å². The number of hydrogen-bond donors (Lipinski definition) is 1. The van der Waals surface area contributed by atoms with Crippen molar-refractivity contribution in [3.8, 4) is 0 Å². The van der Waals surface area contributed by atoms with Gasteiger partial charge < -0.3 is 5.32 Å². The molecule has 0 saturated carbocycles. The fourth-order valence-corrected chi connectivity index (χ4v) is 3.46. The van der Waals surface area contributed by atoms with Gasteiger partial charge in [0.25, 0.3) is 5.91 Å². The van der Waals surface area contributed by atoms with E-state index in [0.29, 0.717) is 16.3 Å². The summed E-state index contributed by atoms with van der Waals surface area (Å²) in [5, 5.41) is 9.12. The zero-order valence-corrected chi connectivity index (χ0v) is 18.6. The third-order valence-electron chi connectivity index (χ3n) is 4.87. The molecule has 1 heterocycles. The molecule has 2 amide bonds. The summed E-state index contributed by atoms with van der Waals surface area (Å²) in [5.74, 6) is -0.691.